The Kier molecular flexibility index (Phi) is 6.07. The van der Waals surface area contributed by atoms with Crippen LogP contribution in [0.5, 0.6) is 0 Å². The summed E-state index contributed by atoms with van der Waals surface area (Å²) in [5, 5.41) is 15.1. The summed E-state index contributed by atoms with van der Waals surface area (Å²) in [6.45, 7) is 5.57. The number of thiophene rings is 1. The number of nitriles is 1. The number of likely N-dealkylation sites (tertiary alicyclic amines) is 1. The van der Waals surface area contributed by atoms with Crippen LogP contribution in [0.4, 0.5) is 5.82 Å². The topological polar surface area (TPSA) is 62.3 Å². The lowest BCUT2D eigenvalue weighted by atomic mass is 9.95. The summed E-state index contributed by atoms with van der Waals surface area (Å²) < 4.78 is 2.25. The summed E-state index contributed by atoms with van der Waals surface area (Å²) in [6.07, 6.45) is 8.27. The first kappa shape index (κ1) is 20.2. The van der Waals surface area contributed by atoms with Gasteiger partial charge in [0, 0.05) is 24.6 Å². The Morgan fingerprint density at radius 3 is 2.76 bits per heavy atom. The molecule has 6 heteroatoms. The van der Waals surface area contributed by atoms with Crippen LogP contribution >= 0.6 is 11.3 Å². The monoisotopic (exact) mass is 411 g/mol. The molecule has 1 aliphatic heterocycles. The number of quaternary nitrogens is 1. The molecule has 2 atom stereocenters. The van der Waals surface area contributed by atoms with Crippen LogP contribution in [0, 0.1) is 25.2 Å². The van der Waals surface area contributed by atoms with Crippen LogP contribution in [0.25, 0.3) is 0 Å². The third-order valence-electron chi connectivity index (χ3n) is 6.82. The Hall–Kier alpha value is -2.10. The fourth-order valence-corrected chi connectivity index (χ4v) is 6.14. The van der Waals surface area contributed by atoms with Gasteiger partial charge in [0.2, 0.25) is 0 Å². The minimum absolute atomic E-state index is 0.0227. The largest absolute Gasteiger partial charge is 0.327 e. The zero-order chi connectivity index (χ0) is 20.4. The number of hydrogen-bond acceptors (Lipinski definition) is 3. The number of hydrogen-bond donors (Lipinski definition) is 2. The van der Waals surface area contributed by atoms with E-state index < -0.39 is 0 Å². The molecule has 2 aromatic heterocycles. The number of anilines is 1. The lowest BCUT2D eigenvalue weighted by Crippen LogP contribution is -3.11. The number of amides is 1. The molecule has 2 fully saturated rings. The van der Waals surface area contributed by atoms with E-state index >= 15 is 0 Å². The highest BCUT2D eigenvalue weighted by molar-refractivity contribution is 7.10. The minimum atomic E-state index is 0.0227. The number of nitrogens with one attached hydrogen (secondary N) is 2. The van der Waals surface area contributed by atoms with E-state index in [9.17, 15) is 10.1 Å². The van der Waals surface area contributed by atoms with Gasteiger partial charge in [0.25, 0.3) is 5.91 Å². The van der Waals surface area contributed by atoms with E-state index in [1.54, 1.807) is 11.3 Å². The van der Waals surface area contributed by atoms with Crippen LogP contribution in [0.15, 0.2) is 17.5 Å². The van der Waals surface area contributed by atoms with Crippen LogP contribution in [0.2, 0.25) is 0 Å². The zero-order valence-electron chi connectivity index (χ0n) is 17.5. The van der Waals surface area contributed by atoms with Crippen molar-refractivity contribution in [3.05, 3.63) is 39.2 Å². The Labute approximate surface area is 177 Å². The highest BCUT2D eigenvalue weighted by Crippen LogP contribution is 2.36. The molecular formula is C23H31N4OS+. The molecule has 2 N–H and O–H groups in total. The third kappa shape index (κ3) is 3.99. The predicted molar refractivity (Wildman–Crippen MR) is 116 cm³/mol. The van der Waals surface area contributed by atoms with Gasteiger partial charge in [0.1, 0.15) is 17.9 Å². The molecule has 1 saturated carbocycles. The summed E-state index contributed by atoms with van der Waals surface area (Å²) >= 11 is 1.79. The van der Waals surface area contributed by atoms with E-state index in [0.29, 0.717) is 24.2 Å². The Morgan fingerprint density at radius 1 is 1.28 bits per heavy atom. The van der Waals surface area contributed by atoms with Crippen molar-refractivity contribution < 1.29 is 9.69 Å². The number of carbonyl (C=O) groups excluding carboxylic acids is 1. The van der Waals surface area contributed by atoms with Crippen molar-refractivity contribution in [2.75, 3.05) is 18.4 Å². The summed E-state index contributed by atoms with van der Waals surface area (Å²) in [5.74, 6) is 0.750. The number of aromatic nitrogens is 1. The number of nitrogens with zero attached hydrogens (tertiary/aromatic N) is 2. The molecule has 4 rings (SSSR count). The molecule has 1 unspecified atom stereocenters. The summed E-state index contributed by atoms with van der Waals surface area (Å²) in [4.78, 5) is 15.8. The highest BCUT2D eigenvalue weighted by Gasteiger charge is 2.33. The average molecular weight is 412 g/mol. The maximum Gasteiger partial charge on any atom is 0.280 e. The van der Waals surface area contributed by atoms with Gasteiger partial charge in [-0.3, -0.25) is 4.79 Å². The first-order valence-corrected chi connectivity index (χ1v) is 11.8. The molecule has 5 nitrogen and oxygen atoms in total. The average Bonchev–Trinajstić information content (AvgIpc) is 3.44. The molecule has 1 saturated heterocycles. The zero-order valence-corrected chi connectivity index (χ0v) is 18.3. The lowest BCUT2D eigenvalue weighted by Gasteiger charge is -2.27. The predicted octanol–water partition coefficient (Wildman–Crippen LogP) is 3.90. The van der Waals surface area contributed by atoms with Crippen molar-refractivity contribution in [3.8, 4) is 6.07 Å². The molecule has 29 heavy (non-hydrogen) atoms. The van der Waals surface area contributed by atoms with E-state index in [-0.39, 0.29) is 5.91 Å². The standard InChI is InChI=1S/C23H30N4OS/c1-16-17(2)27(18-8-4-3-5-9-18)23(19(16)14-24)25-22(28)15-26-12-6-10-20(26)21-11-7-13-29-21/h7,11,13,18,20H,3-6,8-10,12,15H2,1-2H3,(H,25,28)/p+1/t20-/m1/s1. The molecule has 1 aliphatic carbocycles. The third-order valence-corrected chi connectivity index (χ3v) is 7.81. The second kappa shape index (κ2) is 8.73. The fourth-order valence-electron chi connectivity index (χ4n) is 5.22. The Bertz CT molecular complexity index is 902. The van der Waals surface area contributed by atoms with Crippen LogP contribution in [-0.4, -0.2) is 23.6 Å². The molecule has 0 aromatic carbocycles. The molecule has 0 spiro atoms. The Balaban J connectivity index is 1.54. The van der Waals surface area contributed by atoms with Gasteiger partial charge in [0.15, 0.2) is 6.54 Å². The van der Waals surface area contributed by atoms with E-state index in [0.717, 1.165) is 49.3 Å². The van der Waals surface area contributed by atoms with Crippen molar-refractivity contribution in [3.63, 3.8) is 0 Å². The summed E-state index contributed by atoms with van der Waals surface area (Å²) in [6, 6.07) is 7.44. The quantitative estimate of drug-likeness (QED) is 0.784. The molecule has 0 radical (unpaired) electrons. The molecule has 2 aromatic rings. The van der Waals surface area contributed by atoms with Gasteiger partial charge in [-0.25, -0.2) is 0 Å². The van der Waals surface area contributed by atoms with Gasteiger partial charge in [-0.1, -0.05) is 25.3 Å². The van der Waals surface area contributed by atoms with Crippen molar-refractivity contribution in [1.29, 1.82) is 5.26 Å². The van der Waals surface area contributed by atoms with Crippen molar-refractivity contribution in [2.24, 2.45) is 0 Å². The fraction of sp³-hybridized carbons (Fsp3) is 0.565. The normalized spacial score (nSPS) is 22.5. The van der Waals surface area contributed by atoms with Gasteiger partial charge in [0.05, 0.1) is 17.0 Å². The van der Waals surface area contributed by atoms with Crippen molar-refractivity contribution in [2.45, 2.75) is 70.9 Å². The first-order valence-electron chi connectivity index (χ1n) is 10.9. The second-order valence-corrected chi connectivity index (χ2v) is 9.53. The van der Waals surface area contributed by atoms with Gasteiger partial charge in [-0.2, -0.15) is 5.26 Å². The van der Waals surface area contributed by atoms with E-state index in [1.807, 2.05) is 6.92 Å². The van der Waals surface area contributed by atoms with Gasteiger partial charge in [-0.15, -0.1) is 11.3 Å². The van der Waals surface area contributed by atoms with Gasteiger partial charge in [-0.05, 0) is 43.7 Å². The van der Waals surface area contributed by atoms with Crippen molar-refractivity contribution >= 4 is 23.1 Å². The maximum atomic E-state index is 13.1. The molecule has 0 bridgehead atoms. The van der Waals surface area contributed by atoms with E-state index in [1.165, 1.54) is 29.0 Å². The molecular weight excluding hydrogens is 380 g/mol. The second-order valence-electron chi connectivity index (χ2n) is 8.55. The van der Waals surface area contributed by atoms with Crippen LogP contribution in [0.3, 0.4) is 0 Å². The smallest absolute Gasteiger partial charge is 0.280 e. The maximum absolute atomic E-state index is 13.1. The van der Waals surface area contributed by atoms with Crippen molar-refractivity contribution in [1.82, 2.24) is 4.57 Å². The Morgan fingerprint density at radius 2 is 2.07 bits per heavy atom. The van der Waals surface area contributed by atoms with E-state index in [2.05, 4.69) is 40.4 Å². The molecule has 2 aliphatic rings. The minimum Gasteiger partial charge on any atom is -0.327 e. The lowest BCUT2D eigenvalue weighted by molar-refractivity contribution is -0.910. The molecule has 1 amide bonds. The highest BCUT2D eigenvalue weighted by atomic mass is 32.1. The van der Waals surface area contributed by atoms with Crippen LogP contribution < -0.4 is 10.2 Å². The van der Waals surface area contributed by atoms with Gasteiger partial charge < -0.3 is 14.8 Å². The first-order chi connectivity index (χ1) is 14.1. The van der Waals surface area contributed by atoms with Gasteiger partial charge >= 0.3 is 0 Å². The number of carbonyl (C=O) groups is 1. The summed E-state index contributed by atoms with van der Waals surface area (Å²) in [7, 11) is 0. The SMILES string of the molecule is Cc1c(C#N)c(NC(=O)C[NH+]2CCC[C@@H]2c2cccs2)n(C2CCCCC2)c1C. The summed E-state index contributed by atoms with van der Waals surface area (Å²) in [5.41, 5.74) is 2.75. The van der Waals surface area contributed by atoms with E-state index in [4.69, 9.17) is 0 Å². The van der Waals surface area contributed by atoms with Crippen LogP contribution in [-0.2, 0) is 4.79 Å². The van der Waals surface area contributed by atoms with Crippen LogP contribution in [0.1, 0.15) is 78.7 Å². The molecule has 3 heterocycles. The number of rotatable bonds is 5. The molecule has 154 valence electrons.